The van der Waals surface area contributed by atoms with E-state index in [9.17, 15) is 4.79 Å². The summed E-state index contributed by atoms with van der Waals surface area (Å²) in [6.07, 6.45) is 0. The molecule has 2 aliphatic heterocycles. The molecule has 2 aromatic carbocycles. The van der Waals surface area contributed by atoms with Gasteiger partial charge in [-0.2, -0.15) is 0 Å². The number of aliphatic carboxylic acids is 1. The van der Waals surface area contributed by atoms with Gasteiger partial charge in [-0.15, -0.1) is 0 Å². The van der Waals surface area contributed by atoms with Crippen LogP contribution in [0.5, 0.6) is 11.5 Å². The van der Waals surface area contributed by atoms with Crippen molar-refractivity contribution in [2.45, 2.75) is 0 Å². The fraction of sp³-hybridized carbons (Fsp3) is 0.333. The molecule has 8 heteroatoms. The lowest BCUT2D eigenvalue weighted by Gasteiger charge is -2.36. The van der Waals surface area contributed by atoms with Crippen LogP contribution in [0.2, 0.25) is 5.02 Å². The highest BCUT2D eigenvalue weighted by molar-refractivity contribution is 6.31. The molecule has 1 N–H and O–H groups in total. The molecule has 2 aliphatic rings. The van der Waals surface area contributed by atoms with Gasteiger partial charge in [0.25, 0.3) is 0 Å². The fourth-order valence-electron chi connectivity index (χ4n) is 3.47. The maximum atomic E-state index is 10.5. The number of nitrogens with zero attached hydrogens (tertiary/aromatic N) is 3. The molecule has 2 heterocycles. The number of carboxylic acids is 1. The summed E-state index contributed by atoms with van der Waals surface area (Å²) in [4.78, 5) is 20.0. The number of hydrogen-bond donors (Lipinski definition) is 1. The average Bonchev–Trinajstić information content (AvgIpc) is 2.88. The number of amidine groups is 1. The molecule has 1 saturated heterocycles. The van der Waals surface area contributed by atoms with Crippen molar-refractivity contribution in [3.8, 4) is 11.5 Å². The van der Waals surface area contributed by atoms with Crippen LogP contribution in [0.4, 0.5) is 5.69 Å². The number of fused-ring (bicyclic) bond motifs is 2. The number of halogens is 1. The Morgan fingerprint density at radius 2 is 1.93 bits per heavy atom. The molecule has 0 aliphatic carbocycles. The number of ether oxygens (including phenoxy) is 2. The molecule has 4 rings (SSSR count). The minimum atomic E-state index is -0.943. The molecular formula is C21H22ClN3O4. The van der Waals surface area contributed by atoms with Crippen molar-refractivity contribution in [2.24, 2.45) is 4.99 Å². The Hall–Kier alpha value is -2.61. The lowest BCUT2D eigenvalue weighted by molar-refractivity contribution is -0.142. The summed E-state index contributed by atoms with van der Waals surface area (Å²) in [5.41, 5.74) is 1.67. The Morgan fingerprint density at radius 3 is 2.72 bits per heavy atom. The van der Waals surface area contributed by atoms with Crippen LogP contribution in [-0.4, -0.2) is 72.6 Å². The number of carboxylic acid groups (broad SMARTS) is 1. The summed E-state index contributed by atoms with van der Waals surface area (Å²) in [5, 5.41) is 9.28. The largest absolute Gasteiger partial charge is 0.480 e. The molecule has 0 amide bonds. The first-order valence-electron chi connectivity index (χ1n) is 9.52. The summed E-state index contributed by atoms with van der Waals surface area (Å²) in [6.45, 7) is 4.14. The summed E-state index contributed by atoms with van der Waals surface area (Å²) >= 11 is 6.27. The maximum absolute atomic E-state index is 10.5. The van der Waals surface area contributed by atoms with E-state index < -0.39 is 5.97 Å². The molecule has 0 saturated carbocycles. The van der Waals surface area contributed by atoms with E-state index in [-0.39, 0.29) is 6.61 Å². The Kier molecular flexibility index (Phi) is 5.99. The summed E-state index contributed by atoms with van der Waals surface area (Å²) in [5.74, 6) is 1.37. The zero-order valence-electron chi connectivity index (χ0n) is 15.9. The molecule has 152 valence electrons. The van der Waals surface area contributed by atoms with Gasteiger partial charge < -0.3 is 19.5 Å². The second kappa shape index (κ2) is 8.82. The van der Waals surface area contributed by atoms with Gasteiger partial charge in [0, 0.05) is 37.7 Å². The Labute approximate surface area is 174 Å². The molecule has 2 aromatic rings. The SMILES string of the molecule is O=C(O)COCCN1CCN(C2=Nc3ccccc3Oc3ccc(Cl)cc32)CC1. The van der Waals surface area contributed by atoms with Crippen LogP contribution in [0, 0.1) is 0 Å². The van der Waals surface area contributed by atoms with E-state index in [4.69, 9.17) is 31.2 Å². The van der Waals surface area contributed by atoms with Crippen molar-refractivity contribution in [3.05, 3.63) is 53.1 Å². The van der Waals surface area contributed by atoms with Crippen LogP contribution in [-0.2, 0) is 9.53 Å². The third-order valence-corrected chi connectivity index (χ3v) is 5.18. The van der Waals surface area contributed by atoms with Crippen LogP contribution >= 0.6 is 11.6 Å². The van der Waals surface area contributed by atoms with Crippen LogP contribution in [0.25, 0.3) is 0 Å². The number of piperazine rings is 1. The Bertz CT molecular complexity index is 926. The summed E-state index contributed by atoms with van der Waals surface area (Å²) in [6, 6.07) is 13.3. The lowest BCUT2D eigenvalue weighted by atomic mass is 10.1. The van der Waals surface area contributed by atoms with Crippen LogP contribution in [0.15, 0.2) is 47.5 Å². The molecule has 0 aromatic heterocycles. The van der Waals surface area contributed by atoms with E-state index in [1.165, 1.54) is 0 Å². The highest BCUT2D eigenvalue weighted by Crippen LogP contribution is 2.38. The van der Waals surface area contributed by atoms with Crippen molar-refractivity contribution in [1.29, 1.82) is 0 Å². The number of para-hydroxylation sites is 2. The van der Waals surface area contributed by atoms with E-state index in [1.54, 1.807) is 0 Å². The van der Waals surface area contributed by atoms with E-state index in [0.29, 0.717) is 18.2 Å². The van der Waals surface area contributed by atoms with E-state index in [0.717, 1.165) is 54.8 Å². The smallest absolute Gasteiger partial charge is 0.329 e. The second-order valence-corrected chi connectivity index (χ2v) is 7.36. The van der Waals surface area contributed by atoms with Crippen molar-refractivity contribution in [3.63, 3.8) is 0 Å². The number of carbonyl (C=O) groups is 1. The van der Waals surface area contributed by atoms with Crippen molar-refractivity contribution >= 4 is 29.1 Å². The third-order valence-electron chi connectivity index (χ3n) is 4.94. The first kappa shape index (κ1) is 19.7. The Balaban J connectivity index is 1.50. The fourth-order valence-corrected chi connectivity index (χ4v) is 3.64. The molecule has 0 bridgehead atoms. The average molecular weight is 416 g/mol. The van der Waals surface area contributed by atoms with Gasteiger partial charge in [0.1, 0.15) is 23.9 Å². The molecule has 0 unspecified atom stereocenters. The first-order valence-corrected chi connectivity index (χ1v) is 9.90. The highest BCUT2D eigenvalue weighted by atomic mass is 35.5. The molecule has 1 fully saturated rings. The monoisotopic (exact) mass is 415 g/mol. The van der Waals surface area contributed by atoms with Crippen LogP contribution in [0.1, 0.15) is 5.56 Å². The lowest BCUT2D eigenvalue weighted by Crippen LogP contribution is -2.49. The van der Waals surface area contributed by atoms with Crippen LogP contribution in [0.3, 0.4) is 0 Å². The standard InChI is InChI=1S/C21H22ClN3O4/c22-15-5-6-18-16(13-15)21(23-17-3-1-2-4-19(17)29-18)25-9-7-24(8-10-25)11-12-28-14-20(26)27/h1-6,13H,7-12,14H2,(H,26,27). The second-order valence-electron chi connectivity index (χ2n) is 6.92. The van der Waals surface area contributed by atoms with Gasteiger partial charge in [0.05, 0.1) is 12.2 Å². The summed E-state index contributed by atoms with van der Waals surface area (Å²) in [7, 11) is 0. The highest BCUT2D eigenvalue weighted by Gasteiger charge is 2.26. The predicted molar refractivity (Wildman–Crippen MR) is 111 cm³/mol. The van der Waals surface area contributed by atoms with Gasteiger partial charge in [-0.1, -0.05) is 23.7 Å². The number of benzene rings is 2. The van der Waals surface area contributed by atoms with Gasteiger partial charge in [-0.25, -0.2) is 9.79 Å². The van der Waals surface area contributed by atoms with Gasteiger partial charge in [0.2, 0.25) is 0 Å². The van der Waals surface area contributed by atoms with Crippen LogP contribution < -0.4 is 4.74 Å². The normalized spacial score (nSPS) is 16.3. The topological polar surface area (TPSA) is 74.6 Å². The van der Waals surface area contributed by atoms with Gasteiger partial charge in [-0.3, -0.25) is 4.90 Å². The minimum absolute atomic E-state index is 0.256. The first-order chi connectivity index (χ1) is 14.1. The number of aliphatic imine (C=N–C) groups is 1. The molecule has 0 radical (unpaired) electrons. The van der Waals surface area contributed by atoms with Crippen molar-refractivity contribution in [2.75, 3.05) is 45.9 Å². The van der Waals surface area contributed by atoms with E-state index >= 15 is 0 Å². The Morgan fingerprint density at radius 1 is 1.14 bits per heavy atom. The number of hydrogen-bond acceptors (Lipinski definition) is 6. The van der Waals surface area contributed by atoms with Gasteiger partial charge in [0.15, 0.2) is 5.75 Å². The molecular weight excluding hydrogens is 394 g/mol. The predicted octanol–water partition coefficient (Wildman–Crippen LogP) is 3.24. The van der Waals surface area contributed by atoms with Crippen molar-refractivity contribution in [1.82, 2.24) is 9.80 Å². The molecule has 0 atom stereocenters. The van der Waals surface area contributed by atoms with Crippen molar-refractivity contribution < 1.29 is 19.4 Å². The van der Waals surface area contributed by atoms with E-state index in [2.05, 4.69) is 9.80 Å². The summed E-state index contributed by atoms with van der Waals surface area (Å²) < 4.78 is 11.3. The van der Waals surface area contributed by atoms with Gasteiger partial charge >= 0.3 is 5.97 Å². The zero-order valence-corrected chi connectivity index (χ0v) is 16.6. The van der Waals surface area contributed by atoms with Gasteiger partial charge in [-0.05, 0) is 30.3 Å². The molecule has 0 spiro atoms. The third kappa shape index (κ3) is 4.70. The zero-order chi connectivity index (χ0) is 20.2. The van der Waals surface area contributed by atoms with E-state index in [1.807, 2.05) is 42.5 Å². The minimum Gasteiger partial charge on any atom is -0.480 e. The molecule has 29 heavy (non-hydrogen) atoms. The maximum Gasteiger partial charge on any atom is 0.329 e. The molecule has 7 nitrogen and oxygen atoms in total. The quantitative estimate of drug-likeness (QED) is 0.755. The number of rotatable bonds is 5.